The summed E-state index contributed by atoms with van der Waals surface area (Å²) in [6.07, 6.45) is 10.9. The molecule has 0 aliphatic carbocycles. The number of benzene rings is 3. The van der Waals surface area contributed by atoms with E-state index in [1.165, 1.54) is 78.5 Å². The van der Waals surface area contributed by atoms with Gasteiger partial charge in [-0.15, -0.1) is 0 Å². The fourth-order valence-corrected chi connectivity index (χ4v) is 5.68. The van der Waals surface area contributed by atoms with E-state index < -0.39 is 5.97 Å². The standard InChI is InChI=1S/C27H33S.C3H6O2/c1-2-3-4-5-6-7-10-15-24-20-22-27(23-21-24)28(25-16-11-8-12-17-25)26-18-13-9-14-19-26;1-2-3(4)5/h8-9,11-14,16-23H,2-7,10,15H2,1H3;2H2,1H3,(H,4,5)/q+1;/p-1. The Kier molecular flexibility index (Phi) is 13.1. The topological polar surface area (TPSA) is 40.1 Å². The summed E-state index contributed by atoms with van der Waals surface area (Å²) in [6.45, 7) is 3.82. The average molecular weight is 463 g/mol. The van der Waals surface area contributed by atoms with Crippen molar-refractivity contribution in [3.05, 3.63) is 90.5 Å². The molecule has 176 valence electrons. The van der Waals surface area contributed by atoms with Gasteiger partial charge in [-0.1, -0.05) is 101 Å². The highest BCUT2D eigenvalue weighted by Gasteiger charge is 2.27. The van der Waals surface area contributed by atoms with E-state index in [2.05, 4.69) is 91.9 Å². The summed E-state index contributed by atoms with van der Waals surface area (Å²) in [7, 11) is -0.0351. The fraction of sp³-hybridized carbons (Fsp3) is 0.367. The molecule has 3 heteroatoms. The highest BCUT2D eigenvalue weighted by atomic mass is 32.2. The number of unbranched alkanes of at least 4 members (excludes halogenated alkanes) is 6. The van der Waals surface area contributed by atoms with Crippen molar-refractivity contribution in [2.45, 2.75) is 86.3 Å². The number of carbonyl (C=O) groups excluding carboxylic acids is 1. The Morgan fingerprint density at radius 1 is 0.636 bits per heavy atom. The van der Waals surface area contributed by atoms with Gasteiger partial charge >= 0.3 is 0 Å². The van der Waals surface area contributed by atoms with Gasteiger partial charge in [-0.3, -0.25) is 0 Å². The van der Waals surface area contributed by atoms with Gasteiger partial charge in [0.2, 0.25) is 0 Å². The molecule has 0 heterocycles. The lowest BCUT2D eigenvalue weighted by molar-refractivity contribution is -0.305. The maximum absolute atomic E-state index is 9.26. The Balaban J connectivity index is 0.000000696. The molecule has 0 saturated heterocycles. The molecular weight excluding hydrogens is 424 g/mol. The quantitative estimate of drug-likeness (QED) is 0.210. The van der Waals surface area contributed by atoms with Crippen LogP contribution < -0.4 is 5.11 Å². The second-order valence-corrected chi connectivity index (χ2v) is 10.2. The molecule has 0 bridgehead atoms. The van der Waals surface area contributed by atoms with Gasteiger partial charge in [0.15, 0.2) is 14.7 Å². The van der Waals surface area contributed by atoms with E-state index in [-0.39, 0.29) is 17.3 Å². The number of carboxylic acid groups (broad SMARTS) is 1. The molecule has 0 aliphatic rings. The van der Waals surface area contributed by atoms with Crippen molar-refractivity contribution in [3.63, 3.8) is 0 Å². The second kappa shape index (κ2) is 16.1. The van der Waals surface area contributed by atoms with Gasteiger partial charge in [-0.2, -0.15) is 0 Å². The first kappa shape index (κ1) is 26.7. The van der Waals surface area contributed by atoms with Crippen molar-refractivity contribution in [1.82, 2.24) is 0 Å². The number of aryl methyl sites for hydroxylation is 1. The van der Waals surface area contributed by atoms with Crippen molar-refractivity contribution in [2.75, 3.05) is 0 Å². The van der Waals surface area contributed by atoms with Crippen LogP contribution in [-0.4, -0.2) is 5.97 Å². The van der Waals surface area contributed by atoms with Crippen LogP contribution in [0.15, 0.2) is 99.6 Å². The maximum Gasteiger partial charge on any atom is 0.166 e. The first-order valence-electron chi connectivity index (χ1n) is 12.3. The Hall–Kier alpha value is -2.52. The highest BCUT2D eigenvalue weighted by molar-refractivity contribution is 7.97. The Bertz CT molecular complexity index is 852. The van der Waals surface area contributed by atoms with Crippen LogP contribution in [0, 0.1) is 0 Å². The first-order chi connectivity index (χ1) is 16.2. The van der Waals surface area contributed by atoms with Crippen LogP contribution >= 0.6 is 0 Å². The smallest absolute Gasteiger partial charge is 0.166 e. The third kappa shape index (κ3) is 10.3. The lowest BCUT2D eigenvalue weighted by atomic mass is 10.0. The van der Waals surface area contributed by atoms with Crippen LogP contribution in [0.25, 0.3) is 0 Å². The van der Waals surface area contributed by atoms with Crippen molar-refractivity contribution in [2.24, 2.45) is 0 Å². The highest BCUT2D eigenvalue weighted by Crippen LogP contribution is 2.31. The minimum Gasteiger partial charge on any atom is -0.550 e. The van der Waals surface area contributed by atoms with Crippen molar-refractivity contribution in [1.29, 1.82) is 0 Å². The minimum atomic E-state index is -0.995. The third-order valence-electron chi connectivity index (χ3n) is 5.47. The number of carbonyl (C=O) groups is 1. The van der Waals surface area contributed by atoms with Gasteiger partial charge in [0, 0.05) is 5.97 Å². The second-order valence-electron chi connectivity index (χ2n) is 8.17. The first-order valence-corrected chi connectivity index (χ1v) is 13.5. The predicted octanol–water partition coefficient (Wildman–Crippen LogP) is 7.22. The normalized spacial score (nSPS) is 10.5. The number of hydrogen-bond donors (Lipinski definition) is 0. The molecule has 3 rings (SSSR count). The number of aliphatic carboxylic acids is 1. The summed E-state index contributed by atoms with van der Waals surface area (Å²) in [4.78, 5) is 13.4. The van der Waals surface area contributed by atoms with Crippen molar-refractivity contribution < 1.29 is 9.90 Å². The molecule has 0 aromatic heterocycles. The summed E-state index contributed by atoms with van der Waals surface area (Å²) < 4.78 is 0. The van der Waals surface area contributed by atoms with Crippen molar-refractivity contribution >= 4 is 16.9 Å². The van der Waals surface area contributed by atoms with Crippen LogP contribution in [0.2, 0.25) is 0 Å². The molecule has 0 unspecified atom stereocenters. The van der Waals surface area contributed by atoms with Gasteiger partial charge in [0.1, 0.15) is 0 Å². The van der Waals surface area contributed by atoms with E-state index in [0.717, 1.165) is 0 Å². The molecule has 0 saturated carbocycles. The molecule has 0 aliphatic heterocycles. The van der Waals surface area contributed by atoms with E-state index >= 15 is 0 Å². The fourth-order valence-electron chi connectivity index (χ4n) is 3.60. The summed E-state index contributed by atoms with van der Waals surface area (Å²) in [5.74, 6) is -0.995. The maximum atomic E-state index is 9.26. The van der Waals surface area contributed by atoms with Crippen LogP contribution in [0.1, 0.15) is 70.8 Å². The zero-order valence-electron chi connectivity index (χ0n) is 20.2. The molecule has 0 spiro atoms. The van der Waals surface area contributed by atoms with Gasteiger partial charge in [0.05, 0.1) is 10.9 Å². The monoisotopic (exact) mass is 462 g/mol. The Morgan fingerprint density at radius 2 is 1.06 bits per heavy atom. The summed E-state index contributed by atoms with van der Waals surface area (Å²) in [5.41, 5.74) is 1.47. The van der Waals surface area contributed by atoms with Gasteiger partial charge in [0.25, 0.3) is 0 Å². The molecular formula is C30H38O2S. The number of hydrogen-bond acceptors (Lipinski definition) is 2. The SMILES string of the molecule is CCC(=O)[O-].CCCCCCCCCc1ccc([S+](c2ccccc2)c2ccccc2)cc1. The Labute approximate surface area is 203 Å². The summed E-state index contributed by atoms with van der Waals surface area (Å²) >= 11 is 0. The molecule has 0 atom stereocenters. The molecule has 0 radical (unpaired) electrons. The number of rotatable bonds is 12. The minimum absolute atomic E-state index is 0.0351. The Morgan fingerprint density at radius 3 is 1.52 bits per heavy atom. The zero-order chi connectivity index (χ0) is 23.7. The van der Waals surface area contributed by atoms with Crippen LogP contribution in [0.3, 0.4) is 0 Å². The third-order valence-corrected chi connectivity index (χ3v) is 7.71. The largest absolute Gasteiger partial charge is 0.550 e. The number of carboxylic acids is 1. The summed E-state index contributed by atoms with van der Waals surface area (Å²) in [5, 5.41) is 9.26. The molecule has 2 nitrogen and oxygen atoms in total. The van der Waals surface area contributed by atoms with Crippen LogP contribution in [-0.2, 0) is 22.1 Å². The molecule has 33 heavy (non-hydrogen) atoms. The molecule has 3 aromatic carbocycles. The van der Waals surface area contributed by atoms with Gasteiger partial charge in [-0.05, 0) is 61.2 Å². The molecule has 0 amide bonds. The zero-order valence-corrected chi connectivity index (χ0v) is 21.0. The molecule has 0 N–H and O–H groups in total. The average Bonchev–Trinajstić information content (AvgIpc) is 2.86. The van der Waals surface area contributed by atoms with Crippen LogP contribution in [0.4, 0.5) is 0 Å². The lowest BCUT2D eigenvalue weighted by Crippen LogP contribution is -2.19. The van der Waals surface area contributed by atoms with E-state index in [1.807, 2.05) is 0 Å². The molecule has 0 fully saturated rings. The van der Waals surface area contributed by atoms with Crippen molar-refractivity contribution in [3.8, 4) is 0 Å². The van der Waals surface area contributed by atoms with E-state index in [1.54, 1.807) is 0 Å². The van der Waals surface area contributed by atoms with Gasteiger partial charge < -0.3 is 9.90 Å². The molecule has 3 aromatic rings. The van der Waals surface area contributed by atoms with E-state index in [4.69, 9.17) is 0 Å². The van der Waals surface area contributed by atoms with Crippen LogP contribution in [0.5, 0.6) is 0 Å². The lowest BCUT2D eigenvalue weighted by Gasteiger charge is -2.09. The van der Waals surface area contributed by atoms with Gasteiger partial charge in [-0.25, -0.2) is 0 Å². The van der Waals surface area contributed by atoms with E-state index in [9.17, 15) is 9.90 Å². The van der Waals surface area contributed by atoms with E-state index in [0.29, 0.717) is 0 Å². The summed E-state index contributed by atoms with van der Waals surface area (Å²) in [6, 6.07) is 31.2. The predicted molar refractivity (Wildman–Crippen MR) is 138 cm³/mol.